The minimum atomic E-state index is 0.197. The lowest BCUT2D eigenvalue weighted by Gasteiger charge is -2.39. The van der Waals surface area contributed by atoms with Crippen LogP contribution in [0.5, 0.6) is 0 Å². The number of aliphatic imine (C=N–C) groups is 1. The standard InChI is InChI=1S/C29H42N4O2.C5H11N/c1-5-6-11-28(35-4)31-29(33-18-21-12-13-22(19-33)30-21)23-14-15-32(17-20(23)2)26-16-27(34-3)25-10-8-7-9-24(25)26;1-6-4-2-3-5-6/h7-11,21-22,26-27,30H,5-6,12-19H2,1-4H3;2-5H2,1H3/b28-11-,31-29+;. The van der Waals surface area contributed by atoms with E-state index in [-0.39, 0.29) is 6.10 Å². The van der Waals surface area contributed by atoms with Gasteiger partial charge in [-0.1, -0.05) is 43.2 Å². The van der Waals surface area contributed by atoms with Gasteiger partial charge in [0.15, 0.2) is 0 Å². The molecule has 0 spiro atoms. The summed E-state index contributed by atoms with van der Waals surface area (Å²) in [5.41, 5.74) is 5.64. The van der Waals surface area contributed by atoms with Crippen LogP contribution in [0.1, 0.15) is 88.5 Å². The Morgan fingerprint density at radius 3 is 2.34 bits per heavy atom. The lowest BCUT2D eigenvalue weighted by atomic mass is 9.96. The Kier molecular flexibility index (Phi) is 10.6. The first-order valence-corrected chi connectivity index (χ1v) is 16.1. The molecule has 226 valence electrons. The highest BCUT2D eigenvalue weighted by atomic mass is 16.5. The van der Waals surface area contributed by atoms with Crippen LogP contribution < -0.4 is 5.32 Å². The summed E-state index contributed by atoms with van der Waals surface area (Å²) >= 11 is 0. The molecule has 1 N–H and O–H groups in total. The second-order valence-electron chi connectivity index (χ2n) is 12.6. The normalized spacial score (nSPS) is 29.0. The highest BCUT2D eigenvalue weighted by Gasteiger charge is 2.38. The molecule has 4 atom stereocenters. The predicted octanol–water partition coefficient (Wildman–Crippen LogP) is 5.68. The molecule has 0 amide bonds. The van der Waals surface area contributed by atoms with Crippen LogP contribution >= 0.6 is 0 Å². The van der Waals surface area contributed by atoms with Crippen LogP contribution in [0, 0.1) is 0 Å². The quantitative estimate of drug-likeness (QED) is 0.262. The molecule has 4 unspecified atom stereocenters. The van der Waals surface area contributed by atoms with Crippen molar-refractivity contribution in [2.75, 3.05) is 60.5 Å². The van der Waals surface area contributed by atoms with Gasteiger partial charge in [-0.15, -0.1) is 0 Å². The van der Waals surface area contributed by atoms with Crippen molar-refractivity contribution in [2.45, 2.75) is 89.4 Å². The number of piperazine rings is 1. The summed E-state index contributed by atoms with van der Waals surface area (Å²) in [5.74, 6) is 1.90. The predicted molar refractivity (Wildman–Crippen MR) is 168 cm³/mol. The minimum Gasteiger partial charge on any atom is -0.481 e. The molecule has 1 aliphatic carbocycles. The van der Waals surface area contributed by atoms with Crippen LogP contribution in [0.2, 0.25) is 0 Å². The van der Waals surface area contributed by atoms with Gasteiger partial charge in [0.25, 0.3) is 0 Å². The summed E-state index contributed by atoms with van der Waals surface area (Å²) < 4.78 is 11.6. The van der Waals surface area contributed by atoms with Gasteiger partial charge in [0.05, 0.1) is 13.2 Å². The number of fused-ring (bicyclic) bond motifs is 3. The number of methoxy groups -OCH3 is 2. The van der Waals surface area contributed by atoms with Crippen molar-refractivity contribution >= 4 is 5.84 Å². The SMILES string of the molecule is CCC/C=C(/N=C(\C1=C(C)CN(C2CC(OC)c3ccccc32)CC1)N1CC2CCC(C1)N2)OC.CN1CCCC1. The molecule has 0 radical (unpaired) electrons. The van der Waals surface area contributed by atoms with E-state index in [1.54, 1.807) is 7.11 Å². The molecule has 1 aromatic carbocycles. The number of unbranched alkanes of at least 4 members (excludes halogenated alkanes) is 1. The third-order valence-corrected chi connectivity index (χ3v) is 9.62. The topological polar surface area (TPSA) is 52.6 Å². The molecular formula is C34H53N5O2. The number of benzene rings is 1. The summed E-state index contributed by atoms with van der Waals surface area (Å²) in [7, 11) is 5.76. The number of rotatable bonds is 7. The number of hydrogen-bond acceptors (Lipinski definition) is 6. The zero-order chi connectivity index (χ0) is 28.8. The van der Waals surface area contributed by atoms with Crippen molar-refractivity contribution in [3.05, 3.63) is 58.5 Å². The van der Waals surface area contributed by atoms with Crippen LogP contribution in [0.4, 0.5) is 0 Å². The maximum Gasteiger partial charge on any atom is 0.210 e. The van der Waals surface area contributed by atoms with E-state index >= 15 is 0 Å². The fourth-order valence-corrected chi connectivity index (χ4v) is 7.37. The van der Waals surface area contributed by atoms with Gasteiger partial charge in [0.2, 0.25) is 5.88 Å². The molecule has 2 bridgehead atoms. The smallest absolute Gasteiger partial charge is 0.210 e. The summed E-state index contributed by atoms with van der Waals surface area (Å²) in [6, 6.07) is 10.4. The third kappa shape index (κ3) is 7.24. The number of nitrogens with zero attached hydrogens (tertiary/aromatic N) is 4. The largest absolute Gasteiger partial charge is 0.481 e. The van der Waals surface area contributed by atoms with Gasteiger partial charge in [-0.25, -0.2) is 0 Å². The number of nitrogens with one attached hydrogen (secondary N) is 1. The molecule has 7 nitrogen and oxygen atoms in total. The van der Waals surface area contributed by atoms with E-state index in [4.69, 9.17) is 14.5 Å². The second kappa shape index (κ2) is 14.3. The Morgan fingerprint density at radius 2 is 1.76 bits per heavy atom. The lowest BCUT2D eigenvalue weighted by Crippen LogP contribution is -2.54. The fraction of sp³-hybridized carbons (Fsp3) is 0.676. The van der Waals surface area contributed by atoms with Crippen molar-refractivity contribution in [3.63, 3.8) is 0 Å². The molecule has 4 aliphatic heterocycles. The minimum absolute atomic E-state index is 0.197. The summed E-state index contributed by atoms with van der Waals surface area (Å²) in [6.45, 7) is 11.2. The summed E-state index contributed by atoms with van der Waals surface area (Å²) in [5, 5.41) is 3.78. The Bertz CT molecular complexity index is 1100. The first-order chi connectivity index (χ1) is 20.0. The zero-order valence-corrected chi connectivity index (χ0v) is 26.2. The van der Waals surface area contributed by atoms with Crippen LogP contribution in [-0.2, 0) is 9.47 Å². The van der Waals surface area contributed by atoms with E-state index in [0.29, 0.717) is 18.1 Å². The van der Waals surface area contributed by atoms with Gasteiger partial charge < -0.3 is 24.6 Å². The first kappa shape index (κ1) is 30.3. The van der Waals surface area contributed by atoms with Gasteiger partial charge in [0, 0.05) is 51.4 Å². The van der Waals surface area contributed by atoms with Gasteiger partial charge in [0.1, 0.15) is 5.84 Å². The molecule has 3 fully saturated rings. The summed E-state index contributed by atoms with van der Waals surface area (Å²) in [6.07, 6.45) is 11.8. The average molecular weight is 564 g/mol. The van der Waals surface area contributed by atoms with Crippen molar-refractivity contribution in [1.82, 2.24) is 20.0 Å². The third-order valence-electron chi connectivity index (χ3n) is 9.62. The van der Waals surface area contributed by atoms with Gasteiger partial charge in [-0.2, -0.15) is 4.99 Å². The van der Waals surface area contributed by atoms with Crippen molar-refractivity contribution in [1.29, 1.82) is 0 Å². The number of ether oxygens (including phenoxy) is 2. The molecule has 1 aromatic rings. The number of likely N-dealkylation sites (tertiary alicyclic amines) is 2. The first-order valence-electron chi connectivity index (χ1n) is 16.1. The summed E-state index contributed by atoms with van der Waals surface area (Å²) in [4.78, 5) is 12.7. The second-order valence-corrected chi connectivity index (χ2v) is 12.6. The van der Waals surface area contributed by atoms with E-state index in [2.05, 4.69) is 71.3 Å². The van der Waals surface area contributed by atoms with E-state index in [9.17, 15) is 0 Å². The highest BCUT2D eigenvalue weighted by Crippen LogP contribution is 2.45. The molecule has 0 aromatic heterocycles. The van der Waals surface area contributed by atoms with Crippen molar-refractivity contribution < 1.29 is 9.47 Å². The molecule has 7 heteroatoms. The molecule has 4 heterocycles. The molecule has 6 rings (SSSR count). The monoisotopic (exact) mass is 563 g/mol. The van der Waals surface area contributed by atoms with Crippen molar-refractivity contribution in [3.8, 4) is 0 Å². The van der Waals surface area contributed by atoms with Crippen molar-refractivity contribution in [2.24, 2.45) is 4.99 Å². The van der Waals surface area contributed by atoms with E-state index in [0.717, 1.165) is 63.6 Å². The van der Waals surface area contributed by atoms with E-state index in [1.807, 2.05) is 7.11 Å². The number of amidine groups is 1. The van der Waals surface area contributed by atoms with Crippen LogP contribution in [0.25, 0.3) is 0 Å². The Labute approximate surface area is 248 Å². The molecule has 3 saturated heterocycles. The molecule has 41 heavy (non-hydrogen) atoms. The van der Waals surface area contributed by atoms with Crippen LogP contribution in [0.15, 0.2) is 52.4 Å². The molecule has 5 aliphatic rings. The van der Waals surface area contributed by atoms with E-state index < -0.39 is 0 Å². The zero-order valence-electron chi connectivity index (χ0n) is 26.2. The van der Waals surface area contributed by atoms with Crippen LogP contribution in [-0.4, -0.2) is 93.2 Å². The van der Waals surface area contributed by atoms with E-state index in [1.165, 1.54) is 61.0 Å². The highest BCUT2D eigenvalue weighted by molar-refractivity contribution is 6.00. The number of allylic oxidation sites excluding steroid dienone is 1. The Hall–Kier alpha value is -2.19. The van der Waals surface area contributed by atoms with Crippen LogP contribution in [0.3, 0.4) is 0 Å². The maximum absolute atomic E-state index is 5.85. The maximum atomic E-state index is 5.85. The lowest BCUT2D eigenvalue weighted by molar-refractivity contribution is 0.0787. The molecular weight excluding hydrogens is 510 g/mol. The van der Waals surface area contributed by atoms with Gasteiger partial charge >= 0.3 is 0 Å². The Morgan fingerprint density at radius 1 is 1.05 bits per heavy atom. The fourth-order valence-electron chi connectivity index (χ4n) is 7.37. The number of hydrogen-bond donors (Lipinski definition) is 1. The Balaban J connectivity index is 0.000000500. The van der Waals surface area contributed by atoms with Gasteiger partial charge in [-0.3, -0.25) is 4.90 Å². The molecule has 0 saturated carbocycles. The van der Waals surface area contributed by atoms with Gasteiger partial charge in [-0.05, 0) is 94.8 Å². The average Bonchev–Trinajstić information content (AvgIpc) is 3.72.